The molecule has 16 heavy (non-hydrogen) atoms. The third-order valence-electron chi connectivity index (χ3n) is 3.69. The highest BCUT2D eigenvalue weighted by Gasteiger charge is 2.28. The minimum Gasteiger partial charge on any atom is -0.0895 e. The molecule has 2 bridgehead atoms. The van der Waals surface area contributed by atoms with Crippen LogP contribution in [-0.4, -0.2) is 0 Å². The Balaban J connectivity index is 2.00. The summed E-state index contributed by atoms with van der Waals surface area (Å²) in [4.78, 5) is 2.92. The Morgan fingerprint density at radius 2 is 1.81 bits per heavy atom. The lowest BCUT2D eigenvalue weighted by atomic mass is 9.81. The lowest BCUT2D eigenvalue weighted by molar-refractivity contribution is 0.661. The minimum atomic E-state index is 0.654. The van der Waals surface area contributed by atoms with Gasteiger partial charge in [0.05, 0.1) is 0 Å². The third-order valence-corrected chi connectivity index (χ3v) is 4.87. The van der Waals surface area contributed by atoms with Crippen LogP contribution in [0.1, 0.15) is 29.0 Å². The first kappa shape index (κ1) is 8.89. The largest absolute Gasteiger partial charge is 0.0895 e. The average Bonchev–Trinajstić information content (AvgIpc) is 2.36. The van der Waals surface area contributed by atoms with Gasteiger partial charge in [0.1, 0.15) is 0 Å². The van der Waals surface area contributed by atoms with Crippen LogP contribution in [-0.2, 0) is 6.42 Å². The first-order valence-electron chi connectivity index (χ1n) is 5.81. The van der Waals surface area contributed by atoms with E-state index in [2.05, 4.69) is 42.5 Å². The smallest absolute Gasteiger partial charge is 0.0160 e. The summed E-state index contributed by atoms with van der Waals surface area (Å²) in [6.07, 6.45) is 2.52. The Morgan fingerprint density at radius 1 is 0.938 bits per heavy atom. The molecule has 0 amide bonds. The highest BCUT2D eigenvalue weighted by Crippen LogP contribution is 2.49. The second kappa shape index (κ2) is 3.14. The van der Waals surface area contributed by atoms with E-state index in [1.165, 1.54) is 33.8 Å². The maximum Gasteiger partial charge on any atom is 0.0160 e. The number of hydrogen-bond donors (Lipinski definition) is 0. The van der Waals surface area contributed by atoms with Crippen molar-refractivity contribution in [2.75, 3.05) is 0 Å². The molecule has 1 heteroatoms. The van der Waals surface area contributed by atoms with Crippen molar-refractivity contribution in [3.8, 4) is 0 Å². The van der Waals surface area contributed by atoms with Crippen LogP contribution in [0.15, 0.2) is 52.3 Å². The van der Waals surface area contributed by atoms with Gasteiger partial charge in [-0.2, -0.15) is 0 Å². The van der Waals surface area contributed by atoms with Crippen molar-refractivity contribution in [2.45, 2.75) is 28.6 Å². The van der Waals surface area contributed by atoms with Gasteiger partial charge in [-0.05, 0) is 41.7 Å². The van der Waals surface area contributed by atoms with Crippen molar-refractivity contribution < 1.29 is 0 Å². The van der Waals surface area contributed by atoms with Crippen LogP contribution in [0.4, 0.5) is 0 Å². The highest BCUT2D eigenvalue weighted by molar-refractivity contribution is 7.99. The first-order chi connectivity index (χ1) is 7.92. The van der Waals surface area contributed by atoms with E-state index in [1.807, 2.05) is 11.8 Å². The highest BCUT2D eigenvalue weighted by atomic mass is 32.2. The fourth-order valence-electron chi connectivity index (χ4n) is 2.89. The van der Waals surface area contributed by atoms with Gasteiger partial charge in [-0.1, -0.05) is 42.1 Å². The van der Waals surface area contributed by atoms with Crippen LogP contribution in [0.25, 0.3) is 0 Å². The number of benzene rings is 2. The summed E-state index contributed by atoms with van der Waals surface area (Å²) in [6.45, 7) is 0. The molecule has 2 aromatic rings. The van der Waals surface area contributed by atoms with Crippen LogP contribution in [0.5, 0.6) is 0 Å². The summed E-state index contributed by atoms with van der Waals surface area (Å²) in [6, 6.07) is 15.9. The van der Waals surface area contributed by atoms with E-state index >= 15 is 0 Å². The van der Waals surface area contributed by atoms with Gasteiger partial charge in [-0.3, -0.25) is 0 Å². The zero-order valence-corrected chi connectivity index (χ0v) is 9.76. The van der Waals surface area contributed by atoms with Crippen LogP contribution in [0, 0.1) is 0 Å². The standard InChI is InChI=1S/C15H12S/c1-2-4-14-12(3-1)11-7-5-10-6-8-15(16-14)13(11)9-10/h1-4,6,8-9,11H,5,7H2. The molecule has 4 rings (SSSR count). The molecule has 0 saturated carbocycles. The first-order valence-corrected chi connectivity index (χ1v) is 6.63. The Morgan fingerprint density at radius 3 is 2.81 bits per heavy atom. The normalized spacial score (nSPS) is 20.4. The van der Waals surface area contributed by atoms with E-state index in [-0.39, 0.29) is 0 Å². The van der Waals surface area contributed by atoms with E-state index in [0.29, 0.717) is 5.92 Å². The van der Waals surface area contributed by atoms with Gasteiger partial charge in [0.25, 0.3) is 0 Å². The molecule has 1 atom stereocenters. The number of aryl methyl sites for hydroxylation is 1. The molecule has 78 valence electrons. The summed E-state index contributed by atoms with van der Waals surface area (Å²) in [5, 5.41) is 0. The molecule has 1 heterocycles. The summed E-state index contributed by atoms with van der Waals surface area (Å²) >= 11 is 1.93. The van der Waals surface area contributed by atoms with Gasteiger partial charge in [-0.25, -0.2) is 0 Å². The van der Waals surface area contributed by atoms with Gasteiger partial charge in [-0.15, -0.1) is 0 Å². The van der Waals surface area contributed by atoms with Crippen molar-refractivity contribution in [1.82, 2.24) is 0 Å². The van der Waals surface area contributed by atoms with Gasteiger partial charge < -0.3 is 0 Å². The molecule has 2 aliphatic rings. The molecule has 0 nitrogen and oxygen atoms in total. The summed E-state index contributed by atoms with van der Waals surface area (Å²) in [7, 11) is 0. The van der Waals surface area contributed by atoms with Crippen LogP contribution >= 0.6 is 11.8 Å². The van der Waals surface area contributed by atoms with E-state index < -0.39 is 0 Å². The van der Waals surface area contributed by atoms with E-state index in [9.17, 15) is 0 Å². The molecule has 0 aromatic heterocycles. The molecule has 0 N–H and O–H groups in total. The van der Waals surface area contributed by atoms with Gasteiger partial charge in [0.2, 0.25) is 0 Å². The van der Waals surface area contributed by atoms with Gasteiger partial charge in [0, 0.05) is 15.7 Å². The van der Waals surface area contributed by atoms with E-state index in [1.54, 1.807) is 5.56 Å². The van der Waals surface area contributed by atoms with Crippen LogP contribution in [0.2, 0.25) is 0 Å². The van der Waals surface area contributed by atoms with Gasteiger partial charge >= 0.3 is 0 Å². The summed E-state index contributed by atoms with van der Waals surface area (Å²) < 4.78 is 0. The monoisotopic (exact) mass is 224 g/mol. The van der Waals surface area contributed by atoms with Gasteiger partial charge in [0.15, 0.2) is 0 Å². The van der Waals surface area contributed by atoms with E-state index in [0.717, 1.165) is 0 Å². The molecule has 1 aliphatic heterocycles. The fraction of sp³-hybridized carbons (Fsp3) is 0.200. The maximum absolute atomic E-state index is 2.41. The van der Waals surface area contributed by atoms with Crippen molar-refractivity contribution in [3.63, 3.8) is 0 Å². The second-order valence-electron chi connectivity index (χ2n) is 4.60. The number of rotatable bonds is 0. The van der Waals surface area contributed by atoms with Crippen LogP contribution < -0.4 is 0 Å². The Labute approximate surface area is 99.7 Å². The molecule has 0 fully saturated rings. The average molecular weight is 224 g/mol. The molecular weight excluding hydrogens is 212 g/mol. The molecule has 1 aliphatic carbocycles. The second-order valence-corrected chi connectivity index (χ2v) is 5.69. The zero-order chi connectivity index (χ0) is 10.5. The van der Waals surface area contributed by atoms with Crippen molar-refractivity contribution in [3.05, 3.63) is 59.2 Å². The lowest BCUT2D eigenvalue weighted by Gasteiger charge is -2.31. The molecular formula is C15H12S. The Bertz CT molecular complexity index is 571. The van der Waals surface area contributed by atoms with Crippen molar-refractivity contribution in [1.29, 1.82) is 0 Å². The third kappa shape index (κ3) is 1.12. The quantitative estimate of drug-likeness (QED) is 0.645. The summed E-state index contributed by atoms with van der Waals surface area (Å²) in [5.41, 5.74) is 4.61. The SMILES string of the molecule is c1ccc2c(c1)Sc1ccc3cc1C2CC3. The molecule has 0 spiro atoms. The number of hydrogen-bond acceptors (Lipinski definition) is 1. The Hall–Kier alpha value is -1.21. The topological polar surface area (TPSA) is 0 Å². The maximum atomic E-state index is 2.41. The lowest BCUT2D eigenvalue weighted by Crippen LogP contribution is -2.13. The molecule has 2 aromatic carbocycles. The predicted molar refractivity (Wildman–Crippen MR) is 67.2 cm³/mol. The van der Waals surface area contributed by atoms with Crippen molar-refractivity contribution >= 4 is 11.8 Å². The minimum absolute atomic E-state index is 0.654. The van der Waals surface area contributed by atoms with Crippen molar-refractivity contribution in [2.24, 2.45) is 0 Å². The molecule has 1 unspecified atom stereocenters. The van der Waals surface area contributed by atoms with Crippen LogP contribution in [0.3, 0.4) is 0 Å². The molecule has 0 radical (unpaired) electrons. The molecule has 0 saturated heterocycles. The summed E-state index contributed by atoms with van der Waals surface area (Å²) in [5.74, 6) is 0.654. The fourth-order valence-corrected chi connectivity index (χ4v) is 4.05. The predicted octanol–water partition coefficient (Wildman–Crippen LogP) is 4.23. The zero-order valence-electron chi connectivity index (χ0n) is 8.94. The number of fused-ring (bicyclic) bond motifs is 3. The van der Waals surface area contributed by atoms with E-state index in [4.69, 9.17) is 0 Å². The Kier molecular flexibility index (Phi) is 1.75.